The Balaban J connectivity index is 0.762. The molecule has 3 aromatic carbocycles. The van der Waals surface area contributed by atoms with Crippen molar-refractivity contribution in [3.05, 3.63) is 139 Å². The van der Waals surface area contributed by atoms with Crippen molar-refractivity contribution in [2.75, 3.05) is 57.4 Å². The maximum atomic E-state index is 14.2. The number of rotatable bonds is 19. The van der Waals surface area contributed by atoms with Crippen LogP contribution in [0.25, 0.3) is 21.6 Å². The van der Waals surface area contributed by atoms with Gasteiger partial charge in [0.1, 0.15) is 6.04 Å². The molecule has 6 heterocycles. The molecule has 0 spiro atoms. The van der Waals surface area contributed by atoms with Gasteiger partial charge >= 0.3 is 0 Å². The van der Waals surface area contributed by atoms with Crippen LogP contribution in [0.1, 0.15) is 113 Å². The van der Waals surface area contributed by atoms with Crippen LogP contribution in [-0.4, -0.2) is 151 Å². The molecule has 5 amide bonds. The summed E-state index contributed by atoms with van der Waals surface area (Å²) in [6.07, 6.45) is 3.81. The number of pyridine rings is 1. The molecule has 3 aromatic heterocycles. The molecular weight excluding hydrogens is 1080 g/mol. The predicted molar refractivity (Wildman–Crippen MR) is 324 cm³/mol. The second kappa shape index (κ2) is 26.9. The molecule has 84 heavy (non-hydrogen) atoms. The highest BCUT2D eigenvalue weighted by Crippen LogP contribution is 2.35. The average molecular weight is 1160 g/mol. The number of amides is 5. The lowest BCUT2D eigenvalue weighted by Crippen LogP contribution is -2.50. The first-order valence-corrected chi connectivity index (χ1v) is 29.9. The third-order valence-corrected chi connectivity index (χ3v) is 17.3. The first-order chi connectivity index (χ1) is 40.2. The number of hydrogen-bond donors (Lipinski definition) is 4. The molecule has 4 N–H and O–H groups in total. The number of hydrogen-bond acceptors (Lipinski definition) is 14. The molecule has 1 unspecified atom stereocenters. The first kappa shape index (κ1) is 60.9. The smallest absolute Gasteiger partial charge is 0.276 e. The third-order valence-electron chi connectivity index (χ3n) is 16.4. The zero-order chi connectivity index (χ0) is 59.8. The summed E-state index contributed by atoms with van der Waals surface area (Å²) in [5.74, 6) is -2.64. The van der Waals surface area contributed by atoms with Crippen molar-refractivity contribution in [3.63, 3.8) is 0 Å². The molecule has 21 heteroatoms. The molecule has 3 aliphatic heterocycles. The van der Waals surface area contributed by atoms with E-state index in [0.717, 1.165) is 80.3 Å². The van der Waals surface area contributed by atoms with Gasteiger partial charge in [0.25, 0.3) is 17.4 Å². The fourth-order valence-corrected chi connectivity index (χ4v) is 12.3. The molecule has 0 bridgehead atoms. The minimum Gasteiger partial charge on any atom is -0.391 e. The number of nitrogens with one attached hydrogen (secondary N) is 3. The minimum absolute atomic E-state index is 0.0195. The summed E-state index contributed by atoms with van der Waals surface area (Å²) in [5.41, 5.74) is 11.6. The number of β-amino-alcohol motifs (C(OH)–C–C–N with tert-alkyl or cyclic N) is 1. The number of aliphatic hydroxyl groups is 1. The Bertz CT molecular complexity index is 3420. The van der Waals surface area contributed by atoms with Gasteiger partial charge in [0, 0.05) is 120 Å². The maximum absolute atomic E-state index is 14.2. The number of aryl methyl sites for hydroxylation is 4. The van der Waals surface area contributed by atoms with Gasteiger partial charge in [-0.2, -0.15) is 0 Å². The Morgan fingerprint density at radius 1 is 0.905 bits per heavy atom. The van der Waals surface area contributed by atoms with Crippen LogP contribution in [-0.2, 0) is 45.3 Å². The summed E-state index contributed by atoms with van der Waals surface area (Å²) in [7, 11) is 0. The number of aromatic nitrogens is 5. The van der Waals surface area contributed by atoms with Crippen molar-refractivity contribution < 1.29 is 33.8 Å². The highest BCUT2D eigenvalue weighted by Gasteiger charge is 2.43. The Morgan fingerprint density at radius 3 is 2.27 bits per heavy atom. The van der Waals surface area contributed by atoms with Crippen LogP contribution in [0.15, 0.2) is 88.2 Å². The van der Waals surface area contributed by atoms with Crippen LogP contribution in [0, 0.1) is 39.0 Å². The zero-order valence-electron chi connectivity index (χ0n) is 49.4. The number of likely N-dealkylation sites (tertiary alicyclic amines) is 1. The number of carbonyl (C=O) groups is 5. The summed E-state index contributed by atoms with van der Waals surface area (Å²) in [6.45, 7) is 21.0. The quantitative estimate of drug-likeness (QED) is 0.0611. The highest BCUT2D eigenvalue weighted by atomic mass is 32.1. The normalized spacial score (nSPS) is 17.4. The van der Waals surface area contributed by atoms with Crippen LogP contribution in [0.3, 0.4) is 0 Å². The number of aliphatic imine (C=N–C) groups is 1. The largest absolute Gasteiger partial charge is 0.391 e. The monoisotopic (exact) mass is 1160 g/mol. The van der Waals surface area contributed by atoms with E-state index in [2.05, 4.69) is 83.0 Å². The number of benzene rings is 3. The number of ether oxygens (including phenoxy) is 1. The predicted octanol–water partition coefficient (Wildman–Crippen LogP) is 6.81. The number of anilines is 1. The molecule has 3 atom stereocenters. The van der Waals surface area contributed by atoms with Crippen LogP contribution in [0.4, 0.5) is 5.69 Å². The van der Waals surface area contributed by atoms with Gasteiger partial charge in [0.05, 0.1) is 40.8 Å². The van der Waals surface area contributed by atoms with Crippen LogP contribution >= 0.6 is 11.3 Å². The molecule has 3 fully saturated rings. The van der Waals surface area contributed by atoms with Crippen LogP contribution in [0.5, 0.6) is 0 Å². The minimum atomic E-state index is -0.894. The van der Waals surface area contributed by atoms with Gasteiger partial charge in [-0.05, 0) is 110 Å². The van der Waals surface area contributed by atoms with Crippen molar-refractivity contribution in [3.8, 4) is 21.6 Å². The third kappa shape index (κ3) is 14.6. The average Bonchev–Trinajstić information content (AvgIpc) is 3.62. The summed E-state index contributed by atoms with van der Waals surface area (Å²) in [6, 6.07) is 21.7. The van der Waals surface area contributed by atoms with Crippen molar-refractivity contribution in [2.24, 2.45) is 16.3 Å². The zero-order valence-corrected chi connectivity index (χ0v) is 50.3. The Morgan fingerprint density at radius 2 is 1.61 bits per heavy atom. The van der Waals surface area contributed by atoms with Crippen LogP contribution in [0.2, 0.25) is 0 Å². The molecule has 444 valence electrons. The van der Waals surface area contributed by atoms with Gasteiger partial charge in [-0.1, -0.05) is 74.5 Å². The first-order valence-electron chi connectivity index (χ1n) is 29.0. The molecule has 0 aliphatic carbocycles. The number of nitrogens with zero attached hydrogens (tertiary/aromatic N) is 9. The standard InChI is InChI=1S/C63H78N12O8S/c1-9-74(48-19-26-83-27-20-48)54-30-47(29-50(41(54)4)58(78)66-33-51-39(2)28-40(3)68-59(51)79)45-14-12-44(13-15-45)35-71-22-24-72(25-23-71)62(82)53-37-73(70-69-53)21-18-56(77)64-34-52(63(6,7)8)61(81)75-36-49(76)31-55(75)60(80)65-32-43-10-16-46(17-11-43)57-42(5)67-38-84-57/h10-17,28-30,34,37-38,48-49,52,55,76H,9,18-27,31-33,35-36H2,1-8H3,(H,65,80)(H,66,78)(H,68,79)/t49-,52?,55+/m1/s1. The second-order valence-corrected chi connectivity index (χ2v) is 24.3. The molecule has 0 saturated carbocycles. The van der Waals surface area contributed by atoms with E-state index in [0.29, 0.717) is 57.1 Å². The molecule has 3 saturated heterocycles. The van der Waals surface area contributed by atoms with Crippen molar-refractivity contribution in [1.82, 2.24) is 50.3 Å². The van der Waals surface area contributed by atoms with Gasteiger partial charge in [-0.25, -0.2) is 9.98 Å². The SMILES string of the molecule is CCN(c1cc(-c2ccc(CN3CCN(C(=O)c4cn(CCC(=O)N=CC(C(=O)N5C[C@H](O)C[C@H]5C(=O)NCc5ccc(-c6scnc6C)cc5)C(C)(C)C)nn4)CC3)cc2)cc(C(=O)NCc2c(C)cc(C)[nH]c2=O)c1C)C1CCOCC1. The fourth-order valence-electron chi connectivity index (χ4n) is 11.5. The summed E-state index contributed by atoms with van der Waals surface area (Å²) < 4.78 is 7.15. The lowest BCUT2D eigenvalue weighted by Gasteiger charge is -2.37. The van der Waals surface area contributed by atoms with E-state index < -0.39 is 35.3 Å². The lowest BCUT2D eigenvalue weighted by molar-refractivity contribution is -0.142. The van der Waals surface area contributed by atoms with Crippen molar-refractivity contribution in [1.29, 1.82) is 0 Å². The van der Waals surface area contributed by atoms with Gasteiger partial charge < -0.3 is 40.2 Å². The van der Waals surface area contributed by atoms with E-state index in [1.54, 1.807) is 16.2 Å². The maximum Gasteiger partial charge on any atom is 0.276 e. The summed E-state index contributed by atoms with van der Waals surface area (Å²) in [4.78, 5) is 102. The second-order valence-electron chi connectivity index (χ2n) is 23.4. The number of thiazole rings is 1. The Labute approximate surface area is 494 Å². The lowest BCUT2D eigenvalue weighted by atomic mass is 9.80. The molecule has 9 rings (SSSR count). The molecule has 3 aliphatic rings. The topological polar surface area (TPSA) is 241 Å². The van der Waals surface area contributed by atoms with E-state index in [1.807, 2.05) is 90.4 Å². The van der Waals surface area contributed by atoms with E-state index in [1.165, 1.54) is 22.0 Å². The molecule has 20 nitrogen and oxygen atoms in total. The molecule has 0 radical (unpaired) electrons. The Hall–Kier alpha value is -7.72. The molecule has 6 aromatic rings. The van der Waals surface area contributed by atoms with E-state index in [4.69, 9.17) is 4.74 Å². The molecular formula is C63H78N12O8S. The van der Waals surface area contributed by atoms with E-state index in [-0.39, 0.29) is 74.0 Å². The summed E-state index contributed by atoms with van der Waals surface area (Å²) in [5, 5.41) is 24.9. The van der Waals surface area contributed by atoms with Gasteiger partial charge in [0.15, 0.2) is 5.69 Å². The fraction of sp³-hybridized carbons (Fsp3) is 0.460. The highest BCUT2D eigenvalue weighted by molar-refractivity contribution is 7.13. The van der Waals surface area contributed by atoms with Crippen molar-refractivity contribution >= 4 is 52.8 Å². The van der Waals surface area contributed by atoms with Crippen LogP contribution < -0.4 is 21.1 Å². The number of aromatic amines is 1. The van der Waals surface area contributed by atoms with Gasteiger partial charge in [-0.15, -0.1) is 16.4 Å². The van der Waals surface area contributed by atoms with Gasteiger partial charge in [-0.3, -0.25) is 38.3 Å². The van der Waals surface area contributed by atoms with Crippen molar-refractivity contribution in [2.45, 2.75) is 125 Å². The van der Waals surface area contributed by atoms with E-state index >= 15 is 0 Å². The van der Waals surface area contributed by atoms with Gasteiger partial charge in [0.2, 0.25) is 17.7 Å². The number of carbonyl (C=O) groups excluding carboxylic acids is 5. The Kier molecular flexibility index (Phi) is 19.5. The number of H-pyrrole nitrogens is 1. The summed E-state index contributed by atoms with van der Waals surface area (Å²) >= 11 is 1.57. The number of piperazine rings is 1. The number of aliphatic hydroxyl groups excluding tert-OH is 1. The van der Waals surface area contributed by atoms with E-state index in [9.17, 15) is 33.9 Å².